The first-order valence-corrected chi connectivity index (χ1v) is 4.94. The van der Waals surface area contributed by atoms with Crippen LogP contribution in [0.15, 0.2) is 35.3 Å². The van der Waals surface area contributed by atoms with E-state index in [4.69, 9.17) is 0 Å². The van der Waals surface area contributed by atoms with E-state index in [9.17, 15) is 14.9 Å². The predicted molar refractivity (Wildman–Crippen MR) is 62.6 cm³/mol. The second kappa shape index (κ2) is 5.06. The first-order valence-electron chi connectivity index (χ1n) is 4.94. The molecule has 0 fully saturated rings. The number of nitro benzene ring substituents is 1. The van der Waals surface area contributed by atoms with Gasteiger partial charge in [-0.1, -0.05) is 13.8 Å². The van der Waals surface area contributed by atoms with Gasteiger partial charge in [0, 0.05) is 23.7 Å². The van der Waals surface area contributed by atoms with Crippen molar-refractivity contribution in [2.75, 3.05) is 0 Å². The van der Waals surface area contributed by atoms with Crippen molar-refractivity contribution < 1.29 is 4.92 Å². The van der Waals surface area contributed by atoms with Crippen molar-refractivity contribution in [3.63, 3.8) is 0 Å². The van der Waals surface area contributed by atoms with E-state index in [-0.39, 0.29) is 11.2 Å². The minimum absolute atomic E-state index is 0.0110. The van der Waals surface area contributed by atoms with Gasteiger partial charge in [0.2, 0.25) is 0 Å². The van der Waals surface area contributed by atoms with Gasteiger partial charge in [0.25, 0.3) is 11.2 Å². The molecule has 0 aliphatic rings. The van der Waals surface area contributed by atoms with Crippen molar-refractivity contribution in [2.24, 2.45) is 0 Å². The van der Waals surface area contributed by atoms with E-state index in [1.165, 1.54) is 24.4 Å². The number of aromatic nitrogens is 1. The number of fused-ring (bicyclic) bond motifs is 1. The molecule has 1 heterocycles. The molecule has 0 radical (unpaired) electrons. The average molecular weight is 220 g/mol. The minimum Gasteiger partial charge on any atom is -0.329 e. The van der Waals surface area contributed by atoms with Crippen LogP contribution >= 0.6 is 0 Å². The van der Waals surface area contributed by atoms with E-state index in [1.54, 1.807) is 6.07 Å². The maximum atomic E-state index is 11.2. The molecule has 0 saturated carbocycles. The quantitative estimate of drug-likeness (QED) is 0.592. The molecule has 0 unspecified atom stereocenters. The Labute approximate surface area is 91.9 Å². The second-order valence-corrected chi connectivity index (χ2v) is 2.84. The Morgan fingerprint density at radius 2 is 1.94 bits per heavy atom. The topological polar surface area (TPSA) is 76.0 Å². The molecular formula is C11H12N2O3. The summed E-state index contributed by atoms with van der Waals surface area (Å²) in [5.41, 5.74) is -0.250. The lowest BCUT2D eigenvalue weighted by Crippen LogP contribution is -2.04. The smallest absolute Gasteiger partial charge is 0.270 e. The van der Waals surface area contributed by atoms with E-state index in [0.717, 1.165) is 0 Å². The number of nitro groups is 1. The summed E-state index contributed by atoms with van der Waals surface area (Å²) in [6.07, 6.45) is 1.47. The van der Waals surface area contributed by atoms with E-state index in [2.05, 4.69) is 4.98 Å². The molecule has 2 aromatic rings. The summed E-state index contributed by atoms with van der Waals surface area (Å²) in [7, 11) is 0. The molecule has 1 aromatic carbocycles. The molecule has 0 atom stereocenters. The third-order valence-electron chi connectivity index (χ3n) is 1.97. The van der Waals surface area contributed by atoms with Crippen LogP contribution in [0.3, 0.4) is 0 Å². The lowest BCUT2D eigenvalue weighted by molar-refractivity contribution is -0.384. The van der Waals surface area contributed by atoms with Gasteiger partial charge in [0.1, 0.15) is 0 Å². The van der Waals surface area contributed by atoms with E-state index >= 15 is 0 Å². The Balaban J connectivity index is 0.000000606. The third kappa shape index (κ3) is 2.25. The van der Waals surface area contributed by atoms with Gasteiger partial charge in [-0.25, -0.2) is 0 Å². The summed E-state index contributed by atoms with van der Waals surface area (Å²) in [4.78, 5) is 23.7. The monoisotopic (exact) mass is 220 g/mol. The van der Waals surface area contributed by atoms with Gasteiger partial charge in [0.15, 0.2) is 0 Å². The first kappa shape index (κ1) is 11.9. The summed E-state index contributed by atoms with van der Waals surface area (Å²) in [6.45, 7) is 4.00. The van der Waals surface area contributed by atoms with Gasteiger partial charge in [-0.2, -0.15) is 0 Å². The van der Waals surface area contributed by atoms with E-state index in [1.807, 2.05) is 13.8 Å². The highest BCUT2D eigenvalue weighted by atomic mass is 16.6. The largest absolute Gasteiger partial charge is 0.329 e. The molecule has 5 nitrogen and oxygen atoms in total. The summed E-state index contributed by atoms with van der Waals surface area (Å²) >= 11 is 0. The van der Waals surface area contributed by atoms with Crippen LogP contribution in [0.4, 0.5) is 5.69 Å². The molecule has 0 bridgehead atoms. The van der Waals surface area contributed by atoms with Crippen LogP contribution in [0.25, 0.3) is 10.8 Å². The van der Waals surface area contributed by atoms with Gasteiger partial charge in [0.05, 0.1) is 4.92 Å². The normalized spacial score (nSPS) is 9.38. The molecule has 16 heavy (non-hydrogen) atoms. The van der Waals surface area contributed by atoms with E-state index in [0.29, 0.717) is 10.8 Å². The average Bonchev–Trinajstić information content (AvgIpc) is 2.31. The maximum absolute atomic E-state index is 11.2. The van der Waals surface area contributed by atoms with Crippen LogP contribution in [0, 0.1) is 10.1 Å². The Bertz CT molecular complexity index is 560. The zero-order valence-corrected chi connectivity index (χ0v) is 9.06. The molecule has 0 saturated heterocycles. The number of benzene rings is 1. The third-order valence-corrected chi connectivity index (χ3v) is 1.97. The highest BCUT2D eigenvalue weighted by Crippen LogP contribution is 2.17. The number of nitrogens with zero attached hydrogens (tertiary/aromatic N) is 1. The van der Waals surface area contributed by atoms with Gasteiger partial charge in [-0.15, -0.1) is 0 Å². The number of aromatic amines is 1. The molecule has 0 aliphatic heterocycles. The molecule has 0 aliphatic carbocycles. The van der Waals surface area contributed by atoms with Crippen molar-refractivity contribution in [3.05, 3.63) is 50.9 Å². The SMILES string of the molecule is CC.O=c1[nH]ccc2cc([N+](=O)[O-])ccc12. The van der Waals surface area contributed by atoms with Crippen LogP contribution in [0.2, 0.25) is 0 Å². The minimum atomic E-state index is -0.485. The van der Waals surface area contributed by atoms with Gasteiger partial charge in [-0.3, -0.25) is 14.9 Å². The number of non-ortho nitro benzene ring substituents is 1. The predicted octanol–water partition coefficient (Wildman–Crippen LogP) is 2.46. The van der Waals surface area contributed by atoms with Crippen molar-refractivity contribution >= 4 is 16.5 Å². The molecule has 84 valence electrons. The Morgan fingerprint density at radius 3 is 2.56 bits per heavy atom. The fraction of sp³-hybridized carbons (Fsp3) is 0.182. The van der Waals surface area contributed by atoms with Gasteiger partial charge >= 0.3 is 0 Å². The first-order chi connectivity index (χ1) is 7.68. The maximum Gasteiger partial charge on any atom is 0.270 e. The number of nitrogens with one attached hydrogen (secondary N) is 1. The number of rotatable bonds is 1. The van der Waals surface area contributed by atoms with Crippen molar-refractivity contribution in [1.82, 2.24) is 4.98 Å². The summed E-state index contributed by atoms with van der Waals surface area (Å²) in [5.74, 6) is 0. The van der Waals surface area contributed by atoms with Crippen LogP contribution in [-0.4, -0.2) is 9.91 Å². The fourth-order valence-electron chi connectivity index (χ4n) is 1.29. The molecular weight excluding hydrogens is 208 g/mol. The highest BCUT2D eigenvalue weighted by Gasteiger charge is 2.06. The number of hydrogen-bond acceptors (Lipinski definition) is 3. The zero-order chi connectivity index (χ0) is 12.1. The number of H-pyrrole nitrogens is 1. The lowest BCUT2D eigenvalue weighted by atomic mass is 10.1. The molecule has 5 heteroatoms. The highest BCUT2D eigenvalue weighted by molar-refractivity contribution is 5.83. The molecule has 1 aromatic heterocycles. The van der Waals surface area contributed by atoms with Crippen LogP contribution in [0.1, 0.15) is 13.8 Å². The van der Waals surface area contributed by atoms with Gasteiger partial charge < -0.3 is 4.98 Å². The van der Waals surface area contributed by atoms with Crippen LogP contribution in [0.5, 0.6) is 0 Å². The van der Waals surface area contributed by atoms with Crippen molar-refractivity contribution in [1.29, 1.82) is 0 Å². The fourth-order valence-corrected chi connectivity index (χ4v) is 1.29. The molecule has 2 rings (SSSR count). The van der Waals surface area contributed by atoms with Crippen molar-refractivity contribution in [3.8, 4) is 0 Å². The molecule has 0 spiro atoms. The number of pyridine rings is 1. The van der Waals surface area contributed by atoms with Crippen molar-refractivity contribution in [2.45, 2.75) is 13.8 Å². The standard InChI is InChI=1S/C9H6N2O3.C2H6/c12-9-8-2-1-7(11(13)14)5-6(8)3-4-10-9;1-2/h1-5H,(H,10,12);1-2H3. The Kier molecular flexibility index (Phi) is 3.77. The summed E-state index contributed by atoms with van der Waals surface area (Å²) in [5, 5.41) is 11.5. The Hall–Kier alpha value is -2.17. The van der Waals surface area contributed by atoms with Crippen LogP contribution < -0.4 is 5.56 Å². The second-order valence-electron chi connectivity index (χ2n) is 2.84. The lowest BCUT2D eigenvalue weighted by Gasteiger charge is -1.95. The van der Waals surface area contributed by atoms with Gasteiger partial charge in [-0.05, 0) is 17.5 Å². The zero-order valence-electron chi connectivity index (χ0n) is 9.06. The van der Waals surface area contributed by atoms with Crippen LogP contribution in [-0.2, 0) is 0 Å². The Morgan fingerprint density at radius 1 is 1.25 bits per heavy atom. The number of hydrogen-bond donors (Lipinski definition) is 1. The molecule has 0 amide bonds. The molecule has 1 N–H and O–H groups in total. The summed E-state index contributed by atoms with van der Waals surface area (Å²) < 4.78 is 0. The van der Waals surface area contributed by atoms with E-state index < -0.39 is 4.92 Å². The summed E-state index contributed by atoms with van der Waals surface area (Å²) in [6, 6.07) is 5.78.